The molecule has 1 saturated heterocycles. The van der Waals surface area contributed by atoms with Crippen LogP contribution in [-0.4, -0.2) is 68.6 Å². The average Bonchev–Trinajstić information content (AvgIpc) is 2.96. The number of ether oxygens (including phenoxy) is 2. The molecule has 25 heavy (non-hydrogen) atoms. The number of morpholine rings is 1. The van der Waals surface area contributed by atoms with Crippen molar-refractivity contribution >= 4 is 22.8 Å². The van der Waals surface area contributed by atoms with Crippen LogP contribution in [0.4, 0.5) is 0 Å². The zero-order chi connectivity index (χ0) is 18.0. The summed E-state index contributed by atoms with van der Waals surface area (Å²) in [5.41, 5.74) is 1.08. The number of carbonyl (C=O) groups is 2. The Balaban J connectivity index is 1.80. The van der Waals surface area contributed by atoms with Crippen LogP contribution in [0.15, 0.2) is 22.6 Å². The van der Waals surface area contributed by atoms with Gasteiger partial charge in [0.25, 0.3) is 5.91 Å². The van der Waals surface area contributed by atoms with Crippen molar-refractivity contribution in [3.05, 3.63) is 29.5 Å². The number of carbonyl (C=O) groups excluding carboxylic acids is 2. The number of rotatable bonds is 4. The quantitative estimate of drug-likeness (QED) is 0.842. The van der Waals surface area contributed by atoms with Gasteiger partial charge in [-0.3, -0.25) is 9.59 Å². The Morgan fingerprint density at radius 1 is 1.28 bits per heavy atom. The zero-order valence-corrected chi connectivity index (χ0v) is 14.7. The van der Waals surface area contributed by atoms with E-state index in [1.807, 2.05) is 0 Å². The van der Waals surface area contributed by atoms with Gasteiger partial charge in [0.1, 0.15) is 17.1 Å². The maximum atomic E-state index is 12.9. The van der Waals surface area contributed by atoms with Crippen LogP contribution in [0.1, 0.15) is 16.1 Å². The van der Waals surface area contributed by atoms with Crippen LogP contribution in [0.3, 0.4) is 0 Å². The van der Waals surface area contributed by atoms with E-state index in [9.17, 15) is 9.59 Å². The molecule has 1 aromatic heterocycles. The van der Waals surface area contributed by atoms with Crippen LogP contribution in [-0.2, 0) is 9.53 Å². The van der Waals surface area contributed by atoms with Crippen molar-refractivity contribution < 1.29 is 23.5 Å². The number of benzene rings is 1. The number of nitrogens with zero attached hydrogens (tertiary/aromatic N) is 2. The average molecular weight is 346 g/mol. The summed E-state index contributed by atoms with van der Waals surface area (Å²) in [5, 5.41) is 0.688. The molecular formula is C18H22N2O5. The smallest absolute Gasteiger partial charge is 0.258 e. The lowest BCUT2D eigenvalue weighted by atomic mass is 10.1. The first-order valence-corrected chi connectivity index (χ1v) is 8.19. The highest BCUT2D eigenvalue weighted by atomic mass is 16.5. The summed E-state index contributed by atoms with van der Waals surface area (Å²) in [5.74, 6) is 0.849. The van der Waals surface area contributed by atoms with E-state index >= 15 is 0 Å². The number of hydrogen-bond acceptors (Lipinski definition) is 5. The van der Waals surface area contributed by atoms with Crippen molar-refractivity contribution in [1.29, 1.82) is 0 Å². The molecule has 0 atom stereocenters. The Labute approximate surface area is 146 Å². The lowest BCUT2D eigenvalue weighted by Gasteiger charge is -2.28. The first-order valence-electron chi connectivity index (χ1n) is 8.19. The summed E-state index contributed by atoms with van der Waals surface area (Å²) >= 11 is 0. The molecule has 0 unspecified atom stereocenters. The Bertz CT molecular complexity index is 792. The molecule has 1 aromatic carbocycles. The van der Waals surface area contributed by atoms with Crippen LogP contribution >= 0.6 is 0 Å². The van der Waals surface area contributed by atoms with Crippen molar-refractivity contribution in [2.75, 3.05) is 47.0 Å². The fourth-order valence-corrected chi connectivity index (χ4v) is 2.97. The second-order valence-corrected chi connectivity index (χ2v) is 6.05. The van der Waals surface area contributed by atoms with Crippen molar-refractivity contribution in [2.45, 2.75) is 6.92 Å². The molecule has 134 valence electrons. The Kier molecular flexibility index (Phi) is 4.94. The molecule has 2 aromatic rings. The Hall–Kier alpha value is -2.54. The molecule has 2 heterocycles. The predicted octanol–water partition coefficient (Wildman–Crippen LogP) is 1.68. The van der Waals surface area contributed by atoms with Crippen molar-refractivity contribution in [3.63, 3.8) is 0 Å². The van der Waals surface area contributed by atoms with Gasteiger partial charge in [0.15, 0.2) is 0 Å². The molecule has 0 aliphatic carbocycles. The summed E-state index contributed by atoms with van der Waals surface area (Å²) in [6.45, 7) is 3.97. The molecule has 1 fully saturated rings. The summed E-state index contributed by atoms with van der Waals surface area (Å²) < 4.78 is 16.2. The molecule has 7 nitrogen and oxygen atoms in total. The van der Waals surface area contributed by atoms with Gasteiger partial charge in [-0.05, 0) is 25.1 Å². The molecule has 1 aliphatic heterocycles. The highest BCUT2D eigenvalue weighted by Gasteiger charge is 2.25. The summed E-state index contributed by atoms with van der Waals surface area (Å²) in [6.07, 6.45) is 0. The number of fused-ring (bicyclic) bond motifs is 1. The van der Waals surface area contributed by atoms with Gasteiger partial charge in [-0.2, -0.15) is 0 Å². The van der Waals surface area contributed by atoms with Crippen LogP contribution in [0.5, 0.6) is 5.75 Å². The SMILES string of the molecule is COc1ccc2oc(C)c(C(=O)N(C)CC(=O)N3CCOCC3)c2c1. The van der Waals surface area contributed by atoms with Gasteiger partial charge in [0, 0.05) is 25.5 Å². The maximum Gasteiger partial charge on any atom is 0.258 e. The minimum absolute atomic E-state index is 0.0227. The van der Waals surface area contributed by atoms with E-state index in [-0.39, 0.29) is 18.4 Å². The van der Waals surface area contributed by atoms with Crippen LogP contribution < -0.4 is 4.74 Å². The van der Waals surface area contributed by atoms with E-state index in [1.165, 1.54) is 4.90 Å². The topological polar surface area (TPSA) is 72.2 Å². The fourth-order valence-electron chi connectivity index (χ4n) is 2.97. The highest BCUT2D eigenvalue weighted by Crippen LogP contribution is 2.29. The Morgan fingerprint density at radius 2 is 2.00 bits per heavy atom. The van der Waals surface area contributed by atoms with Gasteiger partial charge < -0.3 is 23.7 Å². The van der Waals surface area contributed by atoms with E-state index < -0.39 is 0 Å². The van der Waals surface area contributed by atoms with Crippen molar-refractivity contribution in [1.82, 2.24) is 9.80 Å². The molecule has 0 spiro atoms. The molecule has 3 rings (SSSR count). The molecule has 0 N–H and O–H groups in total. The normalized spacial score (nSPS) is 14.6. The number of hydrogen-bond donors (Lipinski definition) is 0. The third kappa shape index (κ3) is 3.46. The monoisotopic (exact) mass is 346 g/mol. The van der Waals surface area contributed by atoms with Gasteiger partial charge in [0.2, 0.25) is 5.91 Å². The molecule has 0 radical (unpaired) electrons. The fraction of sp³-hybridized carbons (Fsp3) is 0.444. The summed E-state index contributed by atoms with van der Waals surface area (Å²) in [4.78, 5) is 28.4. The van der Waals surface area contributed by atoms with Crippen LogP contribution in [0, 0.1) is 6.92 Å². The first-order chi connectivity index (χ1) is 12.0. The van der Waals surface area contributed by atoms with Gasteiger partial charge in [-0.25, -0.2) is 0 Å². The number of likely N-dealkylation sites (N-methyl/N-ethyl adjacent to an activating group) is 1. The number of aryl methyl sites for hydroxylation is 1. The maximum absolute atomic E-state index is 12.9. The predicted molar refractivity (Wildman–Crippen MR) is 91.9 cm³/mol. The van der Waals surface area contributed by atoms with Crippen molar-refractivity contribution in [3.8, 4) is 5.75 Å². The van der Waals surface area contributed by atoms with Gasteiger partial charge in [0.05, 0.1) is 32.4 Å². The van der Waals surface area contributed by atoms with Gasteiger partial charge in [-0.15, -0.1) is 0 Å². The molecule has 7 heteroatoms. The molecular weight excluding hydrogens is 324 g/mol. The van der Waals surface area contributed by atoms with Gasteiger partial charge in [-0.1, -0.05) is 0 Å². The number of amides is 2. The lowest BCUT2D eigenvalue weighted by Crippen LogP contribution is -2.46. The van der Waals surface area contributed by atoms with E-state index in [4.69, 9.17) is 13.9 Å². The van der Waals surface area contributed by atoms with Crippen molar-refractivity contribution in [2.24, 2.45) is 0 Å². The largest absolute Gasteiger partial charge is 0.497 e. The van der Waals surface area contributed by atoms with E-state index in [2.05, 4.69) is 0 Å². The first kappa shape index (κ1) is 17.3. The standard InChI is InChI=1S/C18H22N2O5/c1-12-17(14-10-13(23-3)4-5-15(14)25-12)18(22)19(2)11-16(21)20-6-8-24-9-7-20/h4-5,10H,6-9,11H2,1-3H3. The van der Waals surface area contributed by atoms with E-state index in [1.54, 1.807) is 44.2 Å². The number of methoxy groups -OCH3 is 1. The van der Waals surface area contributed by atoms with Gasteiger partial charge >= 0.3 is 0 Å². The molecule has 1 aliphatic rings. The molecule has 2 amide bonds. The van der Waals surface area contributed by atoms with Crippen LogP contribution in [0.2, 0.25) is 0 Å². The lowest BCUT2D eigenvalue weighted by molar-refractivity contribution is -0.135. The zero-order valence-electron chi connectivity index (χ0n) is 14.7. The minimum atomic E-state index is -0.244. The van der Waals surface area contributed by atoms with E-state index in [0.29, 0.717) is 54.3 Å². The third-order valence-electron chi connectivity index (χ3n) is 4.37. The minimum Gasteiger partial charge on any atom is -0.497 e. The second kappa shape index (κ2) is 7.14. The van der Waals surface area contributed by atoms with Crippen LogP contribution in [0.25, 0.3) is 11.0 Å². The second-order valence-electron chi connectivity index (χ2n) is 6.05. The summed E-state index contributed by atoms with van der Waals surface area (Å²) in [6, 6.07) is 5.33. The molecule has 0 saturated carbocycles. The molecule has 0 bridgehead atoms. The third-order valence-corrected chi connectivity index (χ3v) is 4.37. The Morgan fingerprint density at radius 3 is 2.68 bits per heavy atom. The highest BCUT2D eigenvalue weighted by molar-refractivity contribution is 6.08. The van der Waals surface area contributed by atoms with E-state index in [0.717, 1.165) is 0 Å². The summed E-state index contributed by atoms with van der Waals surface area (Å²) in [7, 11) is 3.20. The number of furan rings is 1.